The lowest BCUT2D eigenvalue weighted by atomic mass is 10.2. The normalized spacial score (nSPS) is 14.8. The smallest absolute Gasteiger partial charge is 0.271 e. The zero-order chi connectivity index (χ0) is 23.6. The Bertz CT molecular complexity index is 1380. The van der Waals surface area contributed by atoms with Crippen LogP contribution >= 0.6 is 0 Å². The third-order valence-electron chi connectivity index (χ3n) is 5.08. The van der Waals surface area contributed by atoms with E-state index in [9.17, 15) is 28.1 Å². The third-order valence-corrected chi connectivity index (χ3v) is 6.99. The van der Waals surface area contributed by atoms with Gasteiger partial charge in [-0.25, -0.2) is 13.4 Å². The number of hydrogen-bond donors (Lipinski definition) is 1. The standard InChI is InChI=1S/C20H19N5O7S/c26-19(12-23-13-21-18-11-15(25(28)29)3-6-17(18)20(23)27)22-14-1-4-16(5-2-14)33(30,31)24-7-9-32-10-8-24/h1-6,11,13H,7-10,12H2,(H,22,26). The molecule has 1 aliphatic rings. The number of carbonyl (C=O) groups excluding carboxylic acids is 1. The summed E-state index contributed by atoms with van der Waals surface area (Å²) in [6, 6.07) is 9.41. The number of nitro benzene ring substituents is 1. The first kappa shape index (κ1) is 22.5. The minimum absolute atomic E-state index is 0.103. The van der Waals surface area contributed by atoms with Crippen LogP contribution in [0.1, 0.15) is 0 Å². The van der Waals surface area contributed by atoms with Crippen LogP contribution in [0.15, 0.2) is 58.5 Å². The monoisotopic (exact) mass is 473 g/mol. The number of nitrogens with one attached hydrogen (secondary N) is 1. The molecule has 2 heterocycles. The third kappa shape index (κ3) is 4.74. The summed E-state index contributed by atoms with van der Waals surface area (Å²) in [5.74, 6) is -0.524. The quantitative estimate of drug-likeness (QED) is 0.410. The molecule has 0 radical (unpaired) electrons. The summed E-state index contributed by atoms with van der Waals surface area (Å²) in [4.78, 5) is 39.4. The van der Waals surface area contributed by atoms with E-state index >= 15 is 0 Å². The van der Waals surface area contributed by atoms with Gasteiger partial charge in [0.15, 0.2) is 0 Å². The van der Waals surface area contributed by atoms with Crippen molar-refractivity contribution in [2.24, 2.45) is 0 Å². The molecule has 13 heteroatoms. The fourth-order valence-electron chi connectivity index (χ4n) is 3.37. The Hall–Kier alpha value is -3.68. The molecule has 2 aromatic carbocycles. The fourth-order valence-corrected chi connectivity index (χ4v) is 4.78. The highest BCUT2D eigenvalue weighted by Gasteiger charge is 2.26. The number of benzene rings is 2. The zero-order valence-electron chi connectivity index (χ0n) is 17.2. The first-order chi connectivity index (χ1) is 15.8. The van der Waals surface area contributed by atoms with Crippen LogP contribution in [0.25, 0.3) is 10.9 Å². The molecule has 1 saturated heterocycles. The Labute approximate surface area is 187 Å². The van der Waals surface area contributed by atoms with Crippen LogP contribution in [0.5, 0.6) is 0 Å². The van der Waals surface area contributed by atoms with Crippen molar-refractivity contribution >= 4 is 38.2 Å². The summed E-state index contributed by atoms with van der Waals surface area (Å²) < 4.78 is 32.9. The molecule has 1 fully saturated rings. The summed E-state index contributed by atoms with van der Waals surface area (Å²) in [5.41, 5.74) is -0.192. The number of fused-ring (bicyclic) bond motifs is 1. The van der Waals surface area contributed by atoms with Gasteiger partial charge in [0, 0.05) is 30.9 Å². The lowest BCUT2D eigenvalue weighted by Crippen LogP contribution is -2.40. The Morgan fingerprint density at radius 3 is 2.52 bits per heavy atom. The first-order valence-electron chi connectivity index (χ1n) is 9.87. The molecular formula is C20H19N5O7S. The van der Waals surface area contributed by atoms with Crippen molar-refractivity contribution in [2.75, 3.05) is 31.6 Å². The van der Waals surface area contributed by atoms with Gasteiger partial charge in [-0.05, 0) is 30.3 Å². The molecule has 1 aromatic heterocycles. The van der Waals surface area contributed by atoms with Gasteiger partial charge in [0.2, 0.25) is 15.9 Å². The minimum Gasteiger partial charge on any atom is -0.379 e. The molecule has 172 valence electrons. The molecule has 0 bridgehead atoms. The van der Waals surface area contributed by atoms with Crippen molar-refractivity contribution in [2.45, 2.75) is 11.4 Å². The molecule has 33 heavy (non-hydrogen) atoms. The second-order valence-electron chi connectivity index (χ2n) is 7.23. The van der Waals surface area contributed by atoms with Crippen molar-refractivity contribution in [3.05, 3.63) is 69.3 Å². The highest BCUT2D eigenvalue weighted by atomic mass is 32.2. The van der Waals surface area contributed by atoms with Crippen molar-refractivity contribution in [3.63, 3.8) is 0 Å². The number of sulfonamides is 1. The predicted molar refractivity (Wildman–Crippen MR) is 117 cm³/mol. The predicted octanol–water partition coefficient (Wildman–Crippen LogP) is 0.964. The second kappa shape index (κ2) is 9.05. The van der Waals surface area contributed by atoms with Crippen LogP contribution in [-0.2, 0) is 26.1 Å². The summed E-state index contributed by atoms with van der Waals surface area (Å²) in [6.45, 7) is 0.901. The molecule has 1 amide bonds. The Balaban J connectivity index is 1.46. The van der Waals surface area contributed by atoms with Gasteiger partial charge in [-0.15, -0.1) is 0 Å². The maximum Gasteiger partial charge on any atom is 0.271 e. The van der Waals surface area contributed by atoms with Crippen molar-refractivity contribution in [1.82, 2.24) is 13.9 Å². The van der Waals surface area contributed by atoms with Crippen LogP contribution < -0.4 is 10.9 Å². The van der Waals surface area contributed by atoms with E-state index in [0.717, 1.165) is 10.9 Å². The van der Waals surface area contributed by atoms with E-state index in [0.29, 0.717) is 18.9 Å². The second-order valence-corrected chi connectivity index (χ2v) is 9.16. The van der Waals surface area contributed by atoms with E-state index in [1.165, 1.54) is 46.8 Å². The zero-order valence-corrected chi connectivity index (χ0v) is 18.0. The Kier molecular flexibility index (Phi) is 6.18. The van der Waals surface area contributed by atoms with E-state index in [1.807, 2.05) is 0 Å². The molecule has 3 aromatic rings. The molecule has 4 rings (SSSR count). The topological polar surface area (TPSA) is 154 Å². The van der Waals surface area contributed by atoms with Gasteiger partial charge >= 0.3 is 0 Å². The number of nitrogens with zero attached hydrogens (tertiary/aromatic N) is 4. The van der Waals surface area contributed by atoms with Gasteiger partial charge in [0.1, 0.15) is 6.54 Å². The van der Waals surface area contributed by atoms with Crippen LogP contribution in [0, 0.1) is 10.1 Å². The van der Waals surface area contributed by atoms with Gasteiger partial charge in [-0.1, -0.05) is 0 Å². The van der Waals surface area contributed by atoms with Crippen molar-refractivity contribution in [3.8, 4) is 0 Å². The number of non-ortho nitro benzene ring substituents is 1. The highest BCUT2D eigenvalue weighted by molar-refractivity contribution is 7.89. The minimum atomic E-state index is -3.65. The van der Waals surface area contributed by atoms with Crippen LogP contribution in [0.4, 0.5) is 11.4 Å². The maximum absolute atomic E-state index is 12.7. The average Bonchev–Trinajstić information content (AvgIpc) is 2.81. The van der Waals surface area contributed by atoms with Gasteiger partial charge in [-0.2, -0.15) is 4.31 Å². The summed E-state index contributed by atoms with van der Waals surface area (Å²) in [7, 11) is -3.65. The summed E-state index contributed by atoms with van der Waals surface area (Å²) >= 11 is 0. The lowest BCUT2D eigenvalue weighted by Gasteiger charge is -2.26. The van der Waals surface area contributed by atoms with E-state index in [1.54, 1.807) is 0 Å². The number of nitro groups is 1. The largest absolute Gasteiger partial charge is 0.379 e. The number of carbonyl (C=O) groups is 1. The van der Waals surface area contributed by atoms with Crippen LogP contribution in [-0.4, -0.2) is 59.4 Å². The number of morpholine rings is 1. The number of aromatic nitrogens is 2. The molecular weight excluding hydrogens is 454 g/mol. The molecule has 0 saturated carbocycles. The molecule has 0 aliphatic carbocycles. The first-order valence-corrected chi connectivity index (χ1v) is 11.3. The van der Waals surface area contributed by atoms with Gasteiger partial charge in [0.05, 0.1) is 40.3 Å². The Morgan fingerprint density at radius 2 is 1.85 bits per heavy atom. The number of hydrogen-bond acceptors (Lipinski definition) is 8. The number of ether oxygens (including phenoxy) is 1. The van der Waals surface area contributed by atoms with E-state index in [2.05, 4.69) is 10.3 Å². The molecule has 1 N–H and O–H groups in total. The lowest BCUT2D eigenvalue weighted by molar-refractivity contribution is -0.384. The van der Waals surface area contributed by atoms with Crippen LogP contribution in [0.3, 0.4) is 0 Å². The SMILES string of the molecule is O=C(Cn1cnc2cc([N+](=O)[O-])ccc2c1=O)Nc1ccc(S(=O)(=O)N2CCOCC2)cc1. The fraction of sp³-hybridized carbons (Fsp3) is 0.250. The number of amides is 1. The molecule has 0 unspecified atom stereocenters. The Morgan fingerprint density at radius 1 is 1.15 bits per heavy atom. The average molecular weight is 473 g/mol. The number of anilines is 1. The van der Waals surface area contributed by atoms with Crippen molar-refractivity contribution < 1.29 is 22.9 Å². The molecule has 12 nitrogen and oxygen atoms in total. The van der Waals surface area contributed by atoms with Gasteiger partial charge in [-0.3, -0.25) is 24.3 Å². The molecule has 0 atom stereocenters. The molecule has 1 aliphatic heterocycles. The van der Waals surface area contributed by atoms with Crippen molar-refractivity contribution in [1.29, 1.82) is 0 Å². The van der Waals surface area contributed by atoms with E-state index in [-0.39, 0.29) is 41.1 Å². The molecule has 0 spiro atoms. The van der Waals surface area contributed by atoms with E-state index < -0.39 is 26.4 Å². The van der Waals surface area contributed by atoms with Gasteiger partial charge in [0.25, 0.3) is 11.2 Å². The number of rotatable bonds is 6. The summed E-state index contributed by atoms with van der Waals surface area (Å²) in [5, 5.41) is 13.6. The maximum atomic E-state index is 12.7. The van der Waals surface area contributed by atoms with E-state index in [4.69, 9.17) is 4.74 Å². The highest BCUT2D eigenvalue weighted by Crippen LogP contribution is 2.20. The van der Waals surface area contributed by atoms with Gasteiger partial charge < -0.3 is 10.1 Å². The summed E-state index contributed by atoms with van der Waals surface area (Å²) in [6.07, 6.45) is 1.14. The van der Waals surface area contributed by atoms with Crippen LogP contribution in [0.2, 0.25) is 0 Å².